The average Bonchev–Trinajstić information content (AvgIpc) is 2.48. The van der Waals surface area contributed by atoms with Crippen molar-refractivity contribution in [1.29, 1.82) is 0 Å². The van der Waals surface area contributed by atoms with Crippen molar-refractivity contribution in [1.82, 2.24) is 9.97 Å². The van der Waals surface area contributed by atoms with Crippen LogP contribution >= 0.6 is 11.8 Å². The van der Waals surface area contributed by atoms with Crippen LogP contribution in [0.2, 0.25) is 0 Å². The number of hydrogen-bond acceptors (Lipinski definition) is 5. The Hall–Kier alpha value is -0.970. The van der Waals surface area contributed by atoms with Crippen molar-refractivity contribution in [3.8, 4) is 0 Å². The Morgan fingerprint density at radius 2 is 1.71 bits per heavy atom. The lowest BCUT2D eigenvalue weighted by atomic mass is 10.2. The first-order valence-corrected chi connectivity index (χ1v) is 9.42. The maximum Gasteiger partial charge on any atom is 0.135 e. The van der Waals surface area contributed by atoms with E-state index in [1.54, 1.807) is 0 Å². The predicted octanol–water partition coefficient (Wildman–Crippen LogP) is 4.37. The van der Waals surface area contributed by atoms with Gasteiger partial charge in [0.05, 0.1) is 0 Å². The fourth-order valence-corrected chi connectivity index (χ4v) is 2.42. The summed E-state index contributed by atoms with van der Waals surface area (Å²) in [4.78, 5) is 9.18. The minimum absolute atomic E-state index is 0.343. The van der Waals surface area contributed by atoms with Crippen LogP contribution < -0.4 is 10.6 Å². The van der Waals surface area contributed by atoms with Gasteiger partial charge in [-0.05, 0) is 31.3 Å². The number of nitrogens with zero attached hydrogens (tertiary/aromatic N) is 2. The molecule has 0 fully saturated rings. The van der Waals surface area contributed by atoms with Crippen LogP contribution in [0.15, 0.2) is 6.07 Å². The van der Waals surface area contributed by atoms with E-state index in [9.17, 15) is 0 Å². The Labute approximate surface area is 133 Å². The molecule has 5 heteroatoms. The summed E-state index contributed by atoms with van der Waals surface area (Å²) < 4.78 is 0. The number of unbranched alkanes of at least 4 members (excludes halogenated alkanes) is 2. The lowest BCUT2D eigenvalue weighted by Gasteiger charge is -2.12. The quantitative estimate of drug-likeness (QED) is 0.594. The third-order valence-corrected chi connectivity index (χ3v) is 3.84. The molecule has 0 saturated heterocycles. The van der Waals surface area contributed by atoms with Gasteiger partial charge in [-0.2, -0.15) is 11.8 Å². The number of thioether (sulfide) groups is 1. The van der Waals surface area contributed by atoms with Crippen LogP contribution in [-0.4, -0.2) is 35.1 Å². The Bertz CT molecular complexity index is 396. The summed E-state index contributed by atoms with van der Waals surface area (Å²) in [6, 6.07) is 2.02. The lowest BCUT2D eigenvalue weighted by Crippen LogP contribution is -2.10. The summed E-state index contributed by atoms with van der Waals surface area (Å²) in [5, 5.41) is 6.79. The van der Waals surface area contributed by atoms with E-state index in [-0.39, 0.29) is 0 Å². The molecule has 120 valence electrons. The SMILES string of the molecule is CCCNc1cc(NCCCCCSC)nc(C(C)C)n1. The van der Waals surface area contributed by atoms with Crippen LogP contribution in [0.5, 0.6) is 0 Å². The molecule has 2 N–H and O–H groups in total. The van der Waals surface area contributed by atoms with Crippen LogP contribution in [0.25, 0.3) is 0 Å². The van der Waals surface area contributed by atoms with Crippen molar-refractivity contribution in [2.45, 2.75) is 52.4 Å². The van der Waals surface area contributed by atoms with Crippen molar-refractivity contribution < 1.29 is 0 Å². The molecule has 4 nitrogen and oxygen atoms in total. The van der Waals surface area contributed by atoms with Gasteiger partial charge in [0.15, 0.2) is 0 Å². The Morgan fingerprint density at radius 3 is 2.29 bits per heavy atom. The van der Waals surface area contributed by atoms with E-state index in [4.69, 9.17) is 0 Å². The van der Waals surface area contributed by atoms with Gasteiger partial charge in [0.1, 0.15) is 17.5 Å². The third-order valence-electron chi connectivity index (χ3n) is 3.15. The van der Waals surface area contributed by atoms with Crippen LogP contribution in [0.3, 0.4) is 0 Å². The molecule has 21 heavy (non-hydrogen) atoms. The number of anilines is 2. The summed E-state index contributed by atoms with van der Waals surface area (Å²) in [5.74, 6) is 4.38. The van der Waals surface area contributed by atoms with Gasteiger partial charge in [0, 0.05) is 25.1 Å². The molecule has 1 rings (SSSR count). The number of rotatable bonds is 11. The molecule has 0 bridgehead atoms. The Kier molecular flexibility index (Phi) is 9.22. The van der Waals surface area contributed by atoms with Crippen molar-refractivity contribution in [3.63, 3.8) is 0 Å². The molecule has 0 aliphatic carbocycles. The third kappa shape index (κ3) is 7.55. The van der Waals surface area contributed by atoms with Gasteiger partial charge in [-0.15, -0.1) is 0 Å². The van der Waals surface area contributed by atoms with Gasteiger partial charge < -0.3 is 10.6 Å². The summed E-state index contributed by atoms with van der Waals surface area (Å²) in [6.07, 6.45) is 7.03. The lowest BCUT2D eigenvalue weighted by molar-refractivity contribution is 0.742. The highest BCUT2D eigenvalue weighted by Gasteiger charge is 2.07. The maximum atomic E-state index is 4.61. The summed E-state index contributed by atoms with van der Waals surface area (Å²) in [5.41, 5.74) is 0. The number of hydrogen-bond donors (Lipinski definition) is 2. The second kappa shape index (κ2) is 10.7. The van der Waals surface area contributed by atoms with E-state index < -0.39 is 0 Å². The van der Waals surface area contributed by atoms with Crippen molar-refractivity contribution in [2.75, 3.05) is 35.7 Å². The predicted molar refractivity (Wildman–Crippen MR) is 95.6 cm³/mol. The van der Waals surface area contributed by atoms with Gasteiger partial charge in [0.25, 0.3) is 0 Å². The van der Waals surface area contributed by atoms with Crippen LogP contribution in [0, 0.1) is 0 Å². The zero-order valence-corrected chi connectivity index (χ0v) is 14.7. The summed E-state index contributed by atoms with van der Waals surface area (Å²) in [7, 11) is 0. The van der Waals surface area contributed by atoms with E-state index in [2.05, 4.69) is 47.6 Å². The van der Waals surface area contributed by atoms with E-state index in [1.807, 2.05) is 17.8 Å². The maximum absolute atomic E-state index is 4.61. The van der Waals surface area contributed by atoms with Crippen molar-refractivity contribution in [3.05, 3.63) is 11.9 Å². The minimum atomic E-state index is 0.343. The monoisotopic (exact) mass is 310 g/mol. The smallest absolute Gasteiger partial charge is 0.135 e. The van der Waals surface area contributed by atoms with Gasteiger partial charge in [-0.1, -0.05) is 27.2 Å². The minimum Gasteiger partial charge on any atom is -0.370 e. The first-order chi connectivity index (χ1) is 10.2. The molecule has 0 aliphatic heterocycles. The van der Waals surface area contributed by atoms with E-state index in [0.717, 1.165) is 37.0 Å². The first kappa shape index (κ1) is 18.1. The van der Waals surface area contributed by atoms with Gasteiger partial charge >= 0.3 is 0 Å². The van der Waals surface area contributed by atoms with Crippen molar-refractivity contribution in [2.24, 2.45) is 0 Å². The highest BCUT2D eigenvalue weighted by Crippen LogP contribution is 2.17. The fraction of sp³-hybridized carbons (Fsp3) is 0.750. The zero-order chi connectivity index (χ0) is 15.5. The van der Waals surface area contributed by atoms with Gasteiger partial charge in [-0.3, -0.25) is 0 Å². The van der Waals surface area contributed by atoms with Crippen molar-refractivity contribution >= 4 is 23.4 Å². The van der Waals surface area contributed by atoms with E-state index >= 15 is 0 Å². The molecule has 0 aromatic carbocycles. The summed E-state index contributed by atoms with van der Waals surface area (Å²) in [6.45, 7) is 8.35. The first-order valence-electron chi connectivity index (χ1n) is 8.03. The fourth-order valence-electron chi connectivity index (χ4n) is 1.92. The van der Waals surface area contributed by atoms with E-state index in [0.29, 0.717) is 5.92 Å². The Morgan fingerprint density at radius 1 is 1.05 bits per heavy atom. The normalized spacial score (nSPS) is 10.9. The largest absolute Gasteiger partial charge is 0.370 e. The molecule has 1 heterocycles. The second-order valence-electron chi connectivity index (χ2n) is 5.56. The Balaban J connectivity index is 2.52. The molecular weight excluding hydrogens is 280 g/mol. The highest BCUT2D eigenvalue weighted by molar-refractivity contribution is 7.98. The number of aromatic nitrogens is 2. The zero-order valence-electron chi connectivity index (χ0n) is 13.9. The van der Waals surface area contributed by atoms with E-state index in [1.165, 1.54) is 25.0 Å². The molecule has 1 aromatic heterocycles. The molecule has 0 saturated carbocycles. The van der Waals surface area contributed by atoms with Crippen LogP contribution in [-0.2, 0) is 0 Å². The van der Waals surface area contributed by atoms with Gasteiger partial charge in [0.2, 0.25) is 0 Å². The second-order valence-corrected chi connectivity index (χ2v) is 6.54. The standard InChI is InChI=1S/C16H30N4S/c1-5-9-17-14-12-15(20-16(19-14)13(2)3)18-10-7-6-8-11-21-4/h12-13H,5-11H2,1-4H3,(H2,17,18,19,20). The molecule has 0 aliphatic rings. The molecule has 1 aromatic rings. The topological polar surface area (TPSA) is 49.8 Å². The van der Waals surface area contributed by atoms with Crippen LogP contribution in [0.1, 0.15) is 58.2 Å². The average molecular weight is 311 g/mol. The molecule has 0 atom stereocenters. The molecule has 0 amide bonds. The molecule has 0 unspecified atom stereocenters. The molecule has 0 spiro atoms. The highest BCUT2D eigenvalue weighted by atomic mass is 32.2. The summed E-state index contributed by atoms with van der Waals surface area (Å²) >= 11 is 1.92. The molecular formula is C16H30N4S. The van der Waals surface area contributed by atoms with Crippen LogP contribution in [0.4, 0.5) is 11.6 Å². The molecule has 0 radical (unpaired) electrons. The number of nitrogens with one attached hydrogen (secondary N) is 2. The van der Waals surface area contributed by atoms with Gasteiger partial charge in [-0.25, -0.2) is 9.97 Å².